The van der Waals surface area contributed by atoms with Gasteiger partial charge < -0.3 is 10.6 Å². The van der Waals surface area contributed by atoms with Crippen molar-refractivity contribution in [1.29, 1.82) is 0 Å². The van der Waals surface area contributed by atoms with Crippen LogP contribution in [0.5, 0.6) is 0 Å². The lowest BCUT2D eigenvalue weighted by atomic mass is 10.1. The van der Waals surface area contributed by atoms with Crippen LogP contribution in [-0.4, -0.2) is 23.6 Å². The average molecular weight is 242 g/mol. The molecule has 0 saturated carbocycles. The van der Waals surface area contributed by atoms with Crippen LogP contribution in [0.4, 0.5) is 0 Å². The van der Waals surface area contributed by atoms with Crippen molar-refractivity contribution in [3.8, 4) is 0 Å². The van der Waals surface area contributed by atoms with E-state index in [9.17, 15) is 0 Å². The van der Waals surface area contributed by atoms with E-state index in [1.807, 2.05) is 12.1 Å². The maximum atomic E-state index is 5.75. The number of hydrogen-bond acceptors (Lipinski definition) is 3. The number of nitrogens with zero attached hydrogens (tertiary/aromatic N) is 1. The third-order valence-corrected chi connectivity index (χ3v) is 2.28. The molecule has 2 N–H and O–H groups in total. The monoisotopic (exact) mass is 241 g/mol. The summed E-state index contributed by atoms with van der Waals surface area (Å²) in [5, 5.41) is 7.42. The minimum Gasteiger partial charge on any atom is -0.311 e. The molecule has 3 nitrogen and oxygen atoms in total. The summed E-state index contributed by atoms with van der Waals surface area (Å²) in [5.74, 6) is 0. The zero-order valence-electron chi connectivity index (χ0n) is 10.2. The van der Waals surface area contributed by atoms with Gasteiger partial charge in [-0.15, -0.1) is 0 Å². The smallest absolute Gasteiger partial charge is 0.0589 e. The standard InChI is InChI=1S/C12H20ClN3/c1-12(2,3)16-7-6-14-9-11-5-4-10(13)8-15-11/h4-5,8,14,16H,6-7,9H2,1-3H3. The van der Waals surface area contributed by atoms with Crippen LogP contribution in [0, 0.1) is 0 Å². The molecule has 16 heavy (non-hydrogen) atoms. The zero-order chi connectivity index (χ0) is 12.0. The molecule has 0 unspecified atom stereocenters. The number of nitrogens with one attached hydrogen (secondary N) is 2. The molecule has 0 spiro atoms. The second-order valence-corrected chi connectivity index (χ2v) is 5.26. The molecule has 1 rings (SSSR count). The molecule has 4 heteroatoms. The van der Waals surface area contributed by atoms with E-state index in [0.29, 0.717) is 5.02 Å². The van der Waals surface area contributed by atoms with Gasteiger partial charge >= 0.3 is 0 Å². The zero-order valence-corrected chi connectivity index (χ0v) is 10.9. The van der Waals surface area contributed by atoms with Gasteiger partial charge in [0.1, 0.15) is 0 Å². The molecule has 0 saturated heterocycles. The van der Waals surface area contributed by atoms with E-state index in [2.05, 4.69) is 36.4 Å². The number of halogens is 1. The van der Waals surface area contributed by atoms with E-state index < -0.39 is 0 Å². The Kier molecular flexibility index (Phi) is 5.19. The molecule has 0 amide bonds. The van der Waals surface area contributed by atoms with E-state index in [1.54, 1.807) is 6.20 Å². The molecular formula is C12H20ClN3. The van der Waals surface area contributed by atoms with Gasteiger partial charge in [0, 0.05) is 31.4 Å². The number of hydrogen-bond donors (Lipinski definition) is 2. The summed E-state index contributed by atoms with van der Waals surface area (Å²) >= 11 is 5.75. The largest absolute Gasteiger partial charge is 0.311 e. The molecule has 90 valence electrons. The Morgan fingerprint density at radius 3 is 2.56 bits per heavy atom. The molecule has 0 aliphatic heterocycles. The second kappa shape index (κ2) is 6.18. The van der Waals surface area contributed by atoms with Crippen LogP contribution >= 0.6 is 11.6 Å². The normalized spacial score (nSPS) is 11.8. The summed E-state index contributed by atoms with van der Waals surface area (Å²) in [4.78, 5) is 4.21. The summed E-state index contributed by atoms with van der Waals surface area (Å²) in [6.45, 7) is 9.15. The topological polar surface area (TPSA) is 37.0 Å². The predicted molar refractivity (Wildman–Crippen MR) is 68.7 cm³/mol. The molecule has 0 atom stereocenters. The molecule has 0 aromatic carbocycles. The molecule has 1 aromatic heterocycles. The fourth-order valence-corrected chi connectivity index (χ4v) is 1.37. The van der Waals surface area contributed by atoms with E-state index in [4.69, 9.17) is 11.6 Å². The van der Waals surface area contributed by atoms with Gasteiger partial charge in [-0.05, 0) is 32.9 Å². The fraction of sp³-hybridized carbons (Fsp3) is 0.583. The van der Waals surface area contributed by atoms with Crippen LogP contribution in [0.25, 0.3) is 0 Å². The van der Waals surface area contributed by atoms with Gasteiger partial charge in [0.2, 0.25) is 0 Å². The lowest BCUT2D eigenvalue weighted by molar-refractivity contribution is 0.421. The summed E-state index contributed by atoms with van der Waals surface area (Å²) in [7, 11) is 0. The van der Waals surface area contributed by atoms with Gasteiger partial charge in [-0.25, -0.2) is 0 Å². The molecule has 0 bridgehead atoms. The first-order valence-electron chi connectivity index (χ1n) is 5.53. The Bertz CT molecular complexity index is 303. The van der Waals surface area contributed by atoms with Crippen molar-refractivity contribution in [3.05, 3.63) is 29.0 Å². The molecule has 1 aromatic rings. The lowest BCUT2D eigenvalue weighted by Crippen LogP contribution is -2.40. The Hall–Kier alpha value is -0.640. The first kappa shape index (κ1) is 13.4. The van der Waals surface area contributed by atoms with E-state index in [-0.39, 0.29) is 5.54 Å². The highest BCUT2D eigenvalue weighted by Gasteiger charge is 2.06. The van der Waals surface area contributed by atoms with Gasteiger partial charge in [-0.3, -0.25) is 4.98 Å². The third-order valence-electron chi connectivity index (χ3n) is 2.05. The van der Waals surface area contributed by atoms with Crippen LogP contribution < -0.4 is 10.6 Å². The summed E-state index contributed by atoms with van der Waals surface area (Å²) in [5.41, 5.74) is 1.19. The van der Waals surface area contributed by atoms with Crippen molar-refractivity contribution in [3.63, 3.8) is 0 Å². The van der Waals surface area contributed by atoms with Crippen LogP contribution in [-0.2, 0) is 6.54 Å². The Balaban J connectivity index is 2.14. The van der Waals surface area contributed by atoms with E-state index in [1.165, 1.54) is 0 Å². The SMILES string of the molecule is CC(C)(C)NCCNCc1ccc(Cl)cn1. The minimum atomic E-state index is 0.181. The lowest BCUT2D eigenvalue weighted by Gasteiger charge is -2.20. The molecule has 0 aliphatic rings. The van der Waals surface area contributed by atoms with Gasteiger partial charge in [0.15, 0.2) is 0 Å². The van der Waals surface area contributed by atoms with Crippen LogP contribution in [0.3, 0.4) is 0 Å². The Morgan fingerprint density at radius 1 is 1.25 bits per heavy atom. The fourth-order valence-electron chi connectivity index (χ4n) is 1.25. The van der Waals surface area contributed by atoms with Gasteiger partial charge in [0.05, 0.1) is 10.7 Å². The molecule has 1 heterocycles. The third kappa shape index (κ3) is 6.05. The number of pyridine rings is 1. The number of rotatable bonds is 5. The van der Waals surface area contributed by atoms with Gasteiger partial charge in [-0.1, -0.05) is 11.6 Å². The summed E-state index contributed by atoms with van der Waals surface area (Å²) < 4.78 is 0. The average Bonchev–Trinajstić information content (AvgIpc) is 2.19. The molecular weight excluding hydrogens is 222 g/mol. The first-order chi connectivity index (χ1) is 7.47. The quantitative estimate of drug-likeness (QED) is 0.777. The van der Waals surface area contributed by atoms with Gasteiger partial charge in [0.25, 0.3) is 0 Å². The maximum absolute atomic E-state index is 5.75. The predicted octanol–water partition coefficient (Wildman–Crippen LogP) is 2.21. The van der Waals surface area contributed by atoms with Crippen molar-refractivity contribution in [1.82, 2.24) is 15.6 Å². The summed E-state index contributed by atoms with van der Waals surface area (Å²) in [6, 6.07) is 3.80. The van der Waals surface area contributed by atoms with E-state index >= 15 is 0 Å². The van der Waals surface area contributed by atoms with Crippen LogP contribution in [0.1, 0.15) is 26.5 Å². The van der Waals surface area contributed by atoms with Crippen LogP contribution in [0.2, 0.25) is 5.02 Å². The van der Waals surface area contributed by atoms with Crippen molar-refractivity contribution >= 4 is 11.6 Å². The van der Waals surface area contributed by atoms with Crippen molar-refractivity contribution < 1.29 is 0 Å². The highest BCUT2D eigenvalue weighted by molar-refractivity contribution is 6.30. The summed E-state index contributed by atoms with van der Waals surface area (Å²) in [6.07, 6.45) is 1.67. The van der Waals surface area contributed by atoms with Crippen molar-refractivity contribution in [2.45, 2.75) is 32.9 Å². The highest BCUT2D eigenvalue weighted by Crippen LogP contribution is 2.05. The molecule has 0 fully saturated rings. The van der Waals surface area contributed by atoms with Gasteiger partial charge in [-0.2, -0.15) is 0 Å². The molecule has 0 radical (unpaired) electrons. The second-order valence-electron chi connectivity index (χ2n) is 4.82. The first-order valence-corrected chi connectivity index (χ1v) is 5.91. The number of aromatic nitrogens is 1. The van der Waals surface area contributed by atoms with Crippen LogP contribution in [0.15, 0.2) is 18.3 Å². The maximum Gasteiger partial charge on any atom is 0.0589 e. The minimum absolute atomic E-state index is 0.181. The van der Waals surface area contributed by atoms with Crippen molar-refractivity contribution in [2.24, 2.45) is 0 Å². The molecule has 0 aliphatic carbocycles. The highest BCUT2D eigenvalue weighted by atomic mass is 35.5. The van der Waals surface area contributed by atoms with Crippen molar-refractivity contribution in [2.75, 3.05) is 13.1 Å². The Morgan fingerprint density at radius 2 is 2.00 bits per heavy atom. The Labute approximate surface area is 103 Å². The van der Waals surface area contributed by atoms with E-state index in [0.717, 1.165) is 25.3 Å².